The number of Topliss-reactive ketones (excluding diaryl/α,β-unsaturated/α-hetero) is 1. The Labute approximate surface area is 170 Å². The number of amides is 1. The smallest absolute Gasteiger partial charge is 0.295 e. The van der Waals surface area contributed by atoms with Gasteiger partial charge in [0.25, 0.3) is 11.7 Å². The number of aryl methyl sites for hydroxylation is 2. The maximum absolute atomic E-state index is 14.7. The molecule has 1 unspecified atom stereocenters. The van der Waals surface area contributed by atoms with E-state index in [9.17, 15) is 19.1 Å². The summed E-state index contributed by atoms with van der Waals surface area (Å²) in [6.07, 6.45) is 0. The van der Waals surface area contributed by atoms with Crippen molar-refractivity contribution in [3.8, 4) is 0 Å². The van der Waals surface area contributed by atoms with E-state index in [0.717, 1.165) is 16.0 Å². The van der Waals surface area contributed by atoms with Crippen LogP contribution in [0.5, 0.6) is 0 Å². The lowest BCUT2D eigenvalue weighted by Gasteiger charge is -2.26. The summed E-state index contributed by atoms with van der Waals surface area (Å²) in [6.45, 7) is 4.55. The number of likely N-dealkylation sites (N-methyl/N-ethyl adjacent to an activating group) is 1. The minimum Gasteiger partial charge on any atom is -0.507 e. The van der Waals surface area contributed by atoms with Gasteiger partial charge in [0, 0.05) is 11.1 Å². The molecule has 1 saturated heterocycles. The Hall–Kier alpha value is -2.99. The van der Waals surface area contributed by atoms with Crippen molar-refractivity contribution in [2.24, 2.45) is 0 Å². The van der Waals surface area contributed by atoms with Gasteiger partial charge in [-0.1, -0.05) is 35.9 Å². The first kappa shape index (κ1) is 20.7. The third kappa shape index (κ3) is 3.93. The second-order valence-corrected chi connectivity index (χ2v) is 7.79. The van der Waals surface area contributed by atoms with E-state index in [2.05, 4.69) is 0 Å². The molecule has 0 saturated carbocycles. The van der Waals surface area contributed by atoms with Gasteiger partial charge in [-0.2, -0.15) is 0 Å². The highest BCUT2D eigenvalue weighted by Crippen LogP contribution is 2.40. The van der Waals surface area contributed by atoms with Crippen molar-refractivity contribution >= 4 is 17.4 Å². The fourth-order valence-corrected chi connectivity index (χ4v) is 3.61. The van der Waals surface area contributed by atoms with Crippen LogP contribution >= 0.6 is 0 Å². The van der Waals surface area contributed by atoms with Crippen molar-refractivity contribution < 1.29 is 24.0 Å². The molecule has 0 spiro atoms. The van der Waals surface area contributed by atoms with Gasteiger partial charge in [-0.15, -0.1) is 0 Å². The third-order valence-electron chi connectivity index (χ3n) is 5.24. The van der Waals surface area contributed by atoms with Crippen molar-refractivity contribution in [3.63, 3.8) is 0 Å². The molecule has 2 aromatic rings. The van der Waals surface area contributed by atoms with Gasteiger partial charge in [-0.3, -0.25) is 9.59 Å². The Balaban J connectivity index is 2.22. The Morgan fingerprint density at radius 1 is 1.14 bits per heavy atom. The minimum absolute atomic E-state index is 0.0671. The maximum atomic E-state index is 14.7. The predicted molar refractivity (Wildman–Crippen MR) is 109 cm³/mol. The van der Waals surface area contributed by atoms with Crippen LogP contribution in [0.4, 0.5) is 4.39 Å². The number of hydrogen-bond donors (Lipinski definition) is 2. The zero-order valence-corrected chi connectivity index (χ0v) is 17.1. The summed E-state index contributed by atoms with van der Waals surface area (Å²) in [5.41, 5.74) is 2.28. The van der Waals surface area contributed by atoms with Crippen LogP contribution in [0.3, 0.4) is 0 Å². The number of aliphatic hydroxyl groups excluding tert-OH is 1. The molecule has 1 aliphatic rings. The van der Waals surface area contributed by atoms with Crippen LogP contribution < -0.4 is 4.90 Å². The van der Waals surface area contributed by atoms with Crippen molar-refractivity contribution in [2.75, 3.05) is 27.2 Å². The van der Waals surface area contributed by atoms with Gasteiger partial charge >= 0.3 is 0 Å². The molecule has 0 bridgehead atoms. The number of halogens is 1. The fourth-order valence-electron chi connectivity index (χ4n) is 3.61. The number of nitrogens with one attached hydrogen (secondary N) is 1. The molecule has 0 aromatic heterocycles. The summed E-state index contributed by atoms with van der Waals surface area (Å²) >= 11 is 0. The molecule has 1 fully saturated rings. The second kappa shape index (κ2) is 8.17. The molecule has 6 heteroatoms. The molecule has 1 aliphatic heterocycles. The molecular weight excluding hydrogens is 371 g/mol. The largest absolute Gasteiger partial charge is 0.507 e. The summed E-state index contributed by atoms with van der Waals surface area (Å²) in [5, 5.41) is 11.1. The number of carbonyl (C=O) groups excluding carboxylic acids is 2. The molecule has 29 heavy (non-hydrogen) atoms. The Morgan fingerprint density at radius 3 is 2.48 bits per heavy atom. The Morgan fingerprint density at radius 2 is 1.83 bits per heavy atom. The number of rotatable bonds is 5. The maximum Gasteiger partial charge on any atom is 0.295 e. The average Bonchev–Trinajstić information content (AvgIpc) is 2.92. The number of benzene rings is 2. The van der Waals surface area contributed by atoms with Gasteiger partial charge in [-0.25, -0.2) is 4.39 Å². The molecule has 0 aliphatic carbocycles. The van der Waals surface area contributed by atoms with Crippen LogP contribution in [-0.2, 0) is 9.59 Å². The SMILES string of the molecule is Cc1ccc(C)c(C(O)=C2C(=O)C(=O)N(CC[NH+](C)C)C2c2ccccc2F)c1. The number of carbonyl (C=O) groups is 2. The first-order valence-electron chi connectivity index (χ1n) is 9.62. The molecule has 3 rings (SSSR count). The van der Waals surface area contributed by atoms with Crippen LogP contribution in [0, 0.1) is 19.7 Å². The van der Waals surface area contributed by atoms with E-state index >= 15 is 0 Å². The molecule has 1 heterocycles. The summed E-state index contributed by atoms with van der Waals surface area (Å²) < 4.78 is 14.7. The monoisotopic (exact) mass is 397 g/mol. The quantitative estimate of drug-likeness (QED) is 0.461. The number of likely N-dealkylation sites (tertiary alicyclic amines) is 1. The minimum atomic E-state index is -0.963. The van der Waals surface area contributed by atoms with Crippen molar-refractivity contribution in [1.29, 1.82) is 0 Å². The number of quaternary nitrogens is 1. The van der Waals surface area contributed by atoms with Gasteiger partial charge in [0.2, 0.25) is 0 Å². The second-order valence-electron chi connectivity index (χ2n) is 7.79. The first-order chi connectivity index (χ1) is 13.7. The van der Waals surface area contributed by atoms with E-state index in [0.29, 0.717) is 12.1 Å². The molecule has 0 radical (unpaired) electrons. The van der Waals surface area contributed by atoms with Crippen LogP contribution in [0.15, 0.2) is 48.0 Å². The van der Waals surface area contributed by atoms with Crippen LogP contribution in [-0.4, -0.2) is 48.9 Å². The van der Waals surface area contributed by atoms with Crippen LogP contribution in [0.1, 0.15) is 28.3 Å². The molecule has 5 nitrogen and oxygen atoms in total. The highest BCUT2D eigenvalue weighted by atomic mass is 19.1. The molecule has 1 atom stereocenters. The molecule has 152 valence electrons. The molecule has 1 amide bonds. The van der Waals surface area contributed by atoms with Crippen molar-refractivity contribution in [3.05, 3.63) is 76.1 Å². The molecular formula is C23H26FN2O3+. The molecule has 2 aromatic carbocycles. The van der Waals surface area contributed by atoms with Crippen molar-refractivity contribution in [1.82, 2.24) is 4.90 Å². The number of nitrogens with zero attached hydrogens (tertiary/aromatic N) is 1. The highest BCUT2D eigenvalue weighted by molar-refractivity contribution is 6.46. The van der Waals surface area contributed by atoms with Gasteiger partial charge < -0.3 is 14.9 Å². The normalized spacial score (nSPS) is 18.7. The zero-order chi connectivity index (χ0) is 21.3. The Bertz CT molecular complexity index is 997. The number of aliphatic hydroxyl groups is 1. The number of hydrogen-bond acceptors (Lipinski definition) is 3. The van der Waals surface area contributed by atoms with Crippen LogP contribution in [0.2, 0.25) is 0 Å². The van der Waals surface area contributed by atoms with E-state index in [4.69, 9.17) is 0 Å². The summed E-state index contributed by atoms with van der Waals surface area (Å²) in [4.78, 5) is 28.2. The fraction of sp³-hybridized carbons (Fsp3) is 0.304. The van der Waals surface area contributed by atoms with Crippen LogP contribution in [0.25, 0.3) is 5.76 Å². The zero-order valence-electron chi connectivity index (χ0n) is 17.1. The Kier molecular flexibility index (Phi) is 5.84. The predicted octanol–water partition coefficient (Wildman–Crippen LogP) is 2.01. The molecule has 2 N–H and O–H groups in total. The van der Waals surface area contributed by atoms with E-state index in [1.807, 2.05) is 40.1 Å². The summed E-state index contributed by atoms with van der Waals surface area (Å²) in [7, 11) is 3.87. The van der Waals surface area contributed by atoms with E-state index < -0.39 is 23.5 Å². The van der Waals surface area contributed by atoms with Gasteiger partial charge in [0.15, 0.2) is 0 Å². The van der Waals surface area contributed by atoms with E-state index in [1.165, 1.54) is 11.0 Å². The van der Waals surface area contributed by atoms with E-state index in [1.54, 1.807) is 24.3 Å². The summed E-state index contributed by atoms with van der Waals surface area (Å²) in [5.74, 6) is -2.29. The first-order valence-corrected chi connectivity index (χ1v) is 9.62. The van der Waals surface area contributed by atoms with Gasteiger partial charge in [0.05, 0.1) is 38.8 Å². The average molecular weight is 397 g/mol. The van der Waals surface area contributed by atoms with Gasteiger partial charge in [-0.05, 0) is 31.5 Å². The third-order valence-corrected chi connectivity index (χ3v) is 5.24. The summed E-state index contributed by atoms with van der Waals surface area (Å²) in [6, 6.07) is 10.6. The van der Waals surface area contributed by atoms with E-state index in [-0.39, 0.29) is 23.4 Å². The highest BCUT2D eigenvalue weighted by Gasteiger charge is 2.47. The lowest BCUT2D eigenvalue weighted by molar-refractivity contribution is -0.857. The topological polar surface area (TPSA) is 62.0 Å². The lowest BCUT2D eigenvalue weighted by Crippen LogP contribution is -3.06. The van der Waals surface area contributed by atoms with Crippen molar-refractivity contribution in [2.45, 2.75) is 19.9 Å². The number of ketones is 1. The standard InChI is InChI=1S/C23H25FN2O3/c1-14-9-10-15(2)17(13-14)21(27)19-20(16-7-5-6-8-18(16)24)26(12-11-25(3)4)23(29)22(19)28/h5-10,13,20,27H,11-12H2,1-4H3/p+1. The lowest BCUT2D eigenvalue weighted by atomic mass is 9.93. The van der Waals surface area contributed by atoms with Gasteiger partial charge in [0.1, 0.15) is 11.6 Å².